The lowest BCUT2D eigenvalue weighted by molar-refractivity contribution is -0.137. The molecular weight excluding hydrogens is 325 g/mol. The number of methoxy groups -OCH3 is 1. The maximum Gasteiger partial charge on any atom is 0.416 e. The van der Waals surface area contributed by atoms with Crippen LogP contribution in [0.2, 0.25) is 0 Å². The molecule has 0 saturated heterocycles. The molecule has 0 unspecified atom stereocenters. The second-order valence-electron chi connectivity index (χ2n) is 5.25. The first-order chi connectivity index (χ1) is 11.4. The molecule has 2 aromatic rings. The van der Waals surface area contributed by atoms with Crippen LogP contribution in [0.3, 0.4) is 0 Å². The van der Waals surface area contributed by atoms with Gasteiger partial charge < -0.3 is 9.47 Å². The van der Waals surface area contributed by atoms with Crippen molar-refractivity contribution in [1.29, 1.82) is 0 Å². The third-order valence-electron chi connectivity index (χ3n) is 3.64. The van der Waals surface area contributed by atoms with E-state index >= 15 is 0 Å². The summed E-state index contributed by atoms with van der Waals surface area (Å²) in [6.07, 6.45) is -2.36. The number of rotatable bonds is 3. The van der Waals surface area contributed by atoms with Gasteiger partial charge in [-0.25, -0.2) is 9.78 Å². The van der Waals surface area contributed by atoms with Gasteiger partial charge in [-0.1, -0.05) is 6.07 Å². The molecule has 0 aliphatic heterocycles. The fourth-order valence-electron chi connectivity index (χ4n) is 2.51. The summed E-state index contributed by atoms with van der Waals surface area (Å²) in [4.78, 5) is 19.8. The topological polar surface area (TPSA) is 61.3 Å². The van der Waals surface area contributed by atoms with Gasteiger partial charge in [-0.3, -0.25) is 0 Å². The van der Waals surface area contributed by atoms with Crippen molar-refractivity contribution in [3.63, 3.8) is 0 Å². The first-order valence-corrected chi connectivity index (χ1v) is 7.21. The molecule has 0 amide bonds. The Bertz CT molecular complexity index is 791. The van der Waals surface area contributed by atoms with E-state index in [-0.39, 0.29) is 17.5 Å². The van der Waals surface area contributed by atoms with E-state index in [2.05, 4.69) is 14.7 Å². The highest BCUT2D eigenvalue weighted by atomic mass is 19.4. The number of hydrogen-bond acceptors (Lipinski definition) is 5. The molecule has 0 saturated carbocycles. The highest BCUT2D eigenvalue weighted by Crippen LogP contribution is 2.35. The van der Waals surface area contributed by atoms with Crippen molar-refractivity contribution in [3.8, 4) is 11.6 Å². The number of carbonyl (C=O) groups excluding carboxylic acids is 1. The molecule has 5 nitrogen and oxygen atoms in total. The zero-order valence-electron chi connectivity index (χ0n) is 12.7. The average molecular weight is 338 g/mol. The Morgan fingerprint density at radius 2 is 2.00 bits per heavy atom. The van der Waals surface area contributed by atoms with Crippen LogP contribution in [-0.4, -0.2) is 23.0 Å². The molecule has 8 heteroatoms. The van der Waals surface area contributed by atoms with E-state index in [1.54, 1.807) is 0 Å². The van der Waals surface area contributed by atoms with Crippen LogP contribution in [0.25, 0.3) is 0 Å². The maximum absolute atomic E-state index is 12.8. The molecule has 3 rings (SSSR count). The van der Waals surface area contributed by atoms with Crippen molar-refractivity contribution in [2.45, 2.75) is 25.4 Å². The summed E-state index contributed by atoms with van der Waals surface area (Å²) >= 11 is 0. The first kappa shape index (κ1) is 16.2. The van der Waals surface area contributed by atoms with Gasteiger partial charge in [0, 0.05) is 5.56 Å². The summed E-state index contributed by atoms with van der Waals surface area (Å²) in [5.74, 6) is -0.801. The standard InChI is InChI=1S/C16H13F3N2O3/c1-23-15(22)13-20-12-7-3-6-11(12)14(21-13)24-10-5-2-4-9(8-10)16(17,18)19/h2,4-5,8H,3,6-7H2,1H3. The minimum absolute atomic E-state index is 0.00607. The van der Waals surface area contributed by atoms with Crippen molar-refractivity contribution in [2.75, 3.05) is 7.11 Å². The molecular formula is C16H13F3N2O3. The van der Waals surface area contributed by atoms with Crippen LogP contribution in [-0.2, 0) is 23.8 Å². The number of halogens is 3. The molecule has 1 aromatic heterocycles. The van der Waals surface area contributed by atoms with Crippen molar-refractivity contribution < 1.29 is 27.4 Å². The highest BCUT2D eigenvalue weighted by molar-refractivity contribution is 5.85. The third-order valence-corrected chi connectivity index (χ3v) is 3.64. The lowest BCUT2D eigenvalue weighted by atomic mass is 10.2. The van der Waals surface area contributed by atoms with Crippen LogP contribution in [0.5, 0.6) is 11.6 Å². The van der Waals surface area contributed by atoms with E-state index in [1.807, 2.05) is 0 Å². The maximum atomic E-state index is 12.8. The van der Waals surface area contributed by atoms with Crippen molar-refractivity contribution in [2.24, 2.45) is 0 Å². The molecule has 1 heterocycles. The van der Waals surface area contributed by atoms with Gasteiger partial charge in [-0.2, -0.15) is 18.2 Å². The predicted molar refractivity (Wildman–Crippen MR) is 76.9 cm³/mol. The molecule has 0 N–H and O–H groups in total. The summed E-state index contributed by atoms with van der Waals surface area (Å²) in [5.41, 5.74) is 0.548. The lowest BCUT2D eigenvalue weighted by Gasteiger charge is -2.12. The molecule has 1 aromatic carbocycles. The van der Waals surface area contributed by atoms with E-state index < -0.39 is 17.7 Å². The first-order valence-electron chi connectivity index (χ1n) is 7.21. The highest BCUT2D eigenvalue weighted by Gasteiger charge is 2.31. The van der Waals surface area contributed by atoms with E-state index in [4.69, 9.17) is 4.74 Å². The number of fused-ring (bicyclic) bond motifs is 1. The van der Waals surface area contributed by atoms with E-state index in [0.29, 0.717) is 24.1 Å². The van der Waals surface area contributed by atoms with E-state index in [1.165, 1.54) is 19.2 Å². The third kappa shape index (κ3) is 3.17. The zero-order chi connectivity index (χ0) is 17.3. The van der Waals surface area contributed by atoms with Crippen LogP contribution in [0, 0.1) is 0 Å². The summed E-state index contributed by atoms with van der Waals surface area (Å²) in [7, 11) is 1.20. The van der Waals surface area contributed by atoms with Gasteiger partial charge in [0.25, 0.3) is 0 Å². The number of alkyl halides is 3. The molecule has 0 radical (unpaired) electrons. The van der Waals surface area contributed by atoms with Crippen molar-refractivity contribution >= 4 is 5.97 Å². The Labute approximate surface area is 135 Å². The smallest absolute Gasteiger partial charge is 0.416 e. The van der Waals surface area contributed by atoms with Gasteiger partial charge in [-0.15, -0.1) is 0 Å². The fraction of sp³-hybridized carbons (Fsp3) is 0.312. The minimum atomic E-state index is -4.47. The van der Waals surface area contributed by atoms with Crippen molar-refractivity contribution in [3.05, 3.63) is 46.9 Å². The molecule has 0 bridgehead atoms. The molecule has 24 heavy (non-hydrogen) atoms. The second-order valence-corrected chi connectivity index (χ2v) is 5.25. The van der Waals surface area contributed by atoms with Gasteiger partial charge >= 0.3 is 12.1 Å². The SMILES string of the molecule is COC(=O)c1nc2c(c(Oc3cccc(C(F)(F)F)c3)n1)CCC2. The number of benzene rings is 1. The normalized spacial score (nSPS) is 13.5. The Morgan fingerprint density at radius 3 is 2.71 bits per heavy atom. The Kier molecular flexibility index (Phi) is 4.13. The molecule has 0 spiro atoms. The Hall–Kier alpha value is -2.64. The number of ether oxygens (including phenoxy) is 2. The number of nitrogens with zero attached hydrogens (tertiary/aromatic N) is 2. The number of aromatic nitrogens is 2. The summed E-state index contributed by atoms with van der Waals surface area (Å²) < 4.78 is 48.5. The predicted octanol–water partition coefficient (Wildman–Crippen LogP) is 3.56. The second kappa shape index (κ2) is 6.10. The van der Waals surface area contributed by atoms with Gasteiger partial charge in [-0.05, 0) is 37.5 Å². The van der Waals surface area contributed by atoms with E-state index in [9.17, 15) is 18.0 Å². The van der Waals surface area contributed by atoms with Crippen LogP contribution >= 0.6 is 0 Å². The molecule has 0 atom stereocenters. The van der Waals surface area contributed by atoms with Crippen LogP contribution < -0.4 is 4.74 Å². The number of hydrogen-bond donors (Lipinski definition) is 0. The summed E-state index contributed by atoms with van der Waals surface area (Å²) in [6.45, 7) is 0. The molecule has 0 fully saturated rings. The zero-order valence-corrected chi connectivity index (χ0v) is 12.7. The number of aryl methyl sites for hydroxylation is 1. The molecule has 1 aliphatic carbocycles. The van der Waals surface area contributed by atoms with Gasteiger partial charge in [0.1, 0.15) is 5.75 Å². The van der Waals surface area contributed by atoms with Gasteiger partial charge in [0.05, 0.1) is 18.4 Å². The van der Waals surface area contributed by atoms with Gasteiger partial charge in [0.15, 0.2) is 0 Å². The largest absolute Gasteiger partial charge is 0.463 e. The Balaban J connectivity index is 1.98. The Morgan fingerprint density at radius 1 is 1.21 bits per heavy atom. The van der Waals surface area contributed by atoms with Crippen LogP contribution in [0.1, 0.15) is 33.9 Å². The summed E-state index contributed by atoms with van der Waals surface area (Å²) in [6, 6.07) is 4.50. The minimum Gasteiger partial charge on any atom is -0.463 e. The van der Waals surface area contributed by atoms with E-state index in [0.717, 1.165) is 18.6 Å². The fourth-order valence-corrected chi connectivity index (χ4v) is 2.51. The monoisotopic (exact) mass is 338 g/mol. The average Bonchev–Trinajstić information content (AvgIpc) is 3.02. The van der Waals surface area contributed by atoms with Crippen molar-refractivity contribution in [1.82, 2.24) is 9.97 Å². The van der Waals surface area contributed by atoms with Gasteiger partial charge in [0.2, 0.25) is 11.7 Å². The number of carbonyl (C=O) groups is 1. The quantitative estimate of drug-likeness (QED) is 0.801. The number of esters is 1. The molecule has 1 aliphatic rings. The summed E-state index contributed by atoms with van der Waals surface area (Å²) in [5, 5.41) is 0. The lowest BCUT2D eigenvalue weighted by Crippen LogP contribution is -2.11. The van der Waals surface area contributed by atoms with Crippen LogP contribution in [0.15, 0.2) is 24.3 Å². The van der Waals surface area contributed by atoms with Crippen LogP contribution in [0.4, 0.5) is 13.2 Å². The molecule has 126 valence electrons.